The Bertz CT molecular complexity index is 851. The number of fused-ring (bicyclic) bond motifs is 2. The van der Waals surface area contributed by atoms with Gasteiger partial charge in [-0.2, -0.15) is 18.2 Å². The molecule has 5 nitrogen and oxygen atoms in total. The van der Waals surface area contributed by atoms with Gasteiger partial charge in [0.15, 0.2) is 5.69 Å². The van der Waals surface area contributed by atoms with E-state index >= 15 is 0 Å². The van der Waals surface area contributed by atoms with Crippen molar-refractivity contribution >= 4 is 11.8 Å². The number of anilines is 2. The fourth-order valence-electron chi connectivity index (χ4n) is 3.86. The van der Waals surface area contributed by atoms with Gasteiger partial charge in [-0.25, -0.2) is 4.98 Å². The van der Waals surface area contributed by atoms with Crippen LogP contribution < -0.4 is 9.80 Å². The van der Waals surface area contributed by atoms with E-state index in [0.29, 0.717) is 19.7 Å². The topological polar surface area (TPSA) is 41.5 Å². The highest BCUT2D eigenvalue weighted by Crippen LogP contribution is 2.43. The van der Waals surface area contributed by atoms with E-state index in [2.05, 4.69) is 16.0 Å². The molecule has 0 bridgehead atoms. The largest absolute Gasteiger partial charge is 0.433 e. The van der Waals surface area contributed by atoms with Crippen LogP contribution in [0, 0.1) is 0 Å². The maximum atomic E-state index is 13.3. The number of hydrogen-bond acceptors (Lipinski definition) is 5. The molecular weight excluding hydrogens is 357 g/mol. The van der Waals surface area contributed by atoms with Crippen molar-refractivity contribution in [2.75, 3.05) is 43.6 Å². The second-order valence-electron chi connectivity index (χ2n) is 7.23. The number of rotatable bonds is 2. The maximum Gasteiger partial charge on any atom is 0.433 e. The summed E-state index contributed by atoms with van der Waals surface area (Å²) in [5, 5.41) is 0. The first-order valence-corrected chi connectivity index (χ1v) is 8.89. The van der Waals surface area contributed by atoms with Crippen molar-refractivity contribution in [1.29, 1.82) is 0 Å². The molecule has 1 saturated heterocycles. The molecule has 2 aromatic rings. The molecule has 0 saturated carbocycles. The van der Waals surface area contributed by atoms with Gasteiger partial charge in [-0.05, 0) is 24.0 Å². The van der Waals surface area contributed by atoms with Crippen molar-refractivity contribution in [2.45, 2.75) is 24.6 Å². The Balaban J connectivity index is 1.71. The van der Waals surface area contributed by atoms with Crippen LogP contribution >= 0.6 is 0 Å². The molecule has 1 aromatic carbocycles. The van der Waals surface area contributed by atoms with Gasteiger partial charge < -0.3 is 14.5 Å². The van der Waals surface area contributed by atoms with Crippen LogP contribution in [0.4, 0.5) is 24.9 Å². The highest BCUT2D eigenvalue weighted by atomic mass is 19.4. The van der Waals surface area contributed by atoms with Crippen molar-refractivity contribution in [3.8, 4) is 0 Å². The molecule has 144 valence electrons. The number of halogens is 3. The van der Waals surface area contributed by atoms with E-state index in [1.807, 2.05) is 23.1 Å². The quantitative estimate of drug-likeness (QED) is 0.803. The molecule has 1 aliphatic heterocycles. The highest BCUT2D eigenvalue weighted by molar-refractivity contribution is 5.47. The molecule has 0 amide bonds. The van der Waals surface area contributed by atoms with Crippen LogP contribution in [-0.4, -0.2) is 43.8 Å². The van der Waals surface area contributed by atoms with Crippen molar-refractivity contribution < 1.29 is 17.9 Å². The molecule has 8 heteroatoms. The van der Waals surface area contributed by atoms with E-state index in [0.717, 1.165) is 24.5 Å². The van der Waals surface area contributed by atoms with Gasteiger partial charge in [0.1, 0.15) is 11.4 Å². The third-order valence-corrected chi connectivity index (χ3v) is 5.22. The summed E-state index contributed by atoms with van der Waals surface area (Å²) in [5.41, 5.74) is 0.918. The fourth-order valence-corrected chi connectivity index (χ4v) is 3.86. The maximum absolute atomic E-state index is 13.3. The predicted molar refractivity (Wildman–Crippen MR) is 96.0 cm³/mol. The molecule has 0 N–H and O–H groups in total. The average molecular weight is 378 g/mol. The zero-order valence-electron chi connectivity index (χ0n) is 15.3. The number of nitrogens with zero attached hydrogens (tertiary/aromatic N) is 4. The van der Waals surface area contributed by atoms with Crippen molar-refractivity contribution in [2.24, 2.45) is 0 Å². The summed E-state index contributed by atoms with van der Waals surface area (Å²) in [5.74, 6) is 0.334. The normalized spacial score (nSPS) is 22.2. The lowest BCUT2D eigenvalue weighted by Crippen LogP contribution is -2.49. The zero-order chi connectivity index (χ0) is 19.2. The minimum Gasteiger partial charge on any atom is -0.367 e. The SMILES string of the molecule is CN(C)c1cc(C(F)(F)F)nc(N2CCOC3(CCc4ccccc43)C2)n1. The first kappa shape index (κ1) is 18.0. The first-order valence-electron chi connectivity index (χ1n) is 8.89. The van der Waals surface area contributed by atoms with E-state index in [1.54, 1.807) is 19.0 Å². The van der Waals surface area contributed by atoms with Crippen LogP contribution in [0.2, 0.25) is 0 Å². The molecule has 1 fully saturated rings. The number of morpholine rings is 1. The number of aromatic nitrogens is 2. The van der Waals surface area contributed by atoms with Crippen LogP contribution in [0.5, 0.6) is 0 Å². The Labute approximate surface area is 155 Å². The molecular formula is C19H21F3N4O. The first-order chi connectivity index (χ1) is 12.8. The molecule has 1 unspecified atom stereocenters. The van der Waals surface area contributed by atoms with Gasteiger partial charge in [0.2, 0.25) is 5.95 Å². The minimum absolute atomic E-state index is 0.0978. The Morgan fingerprint density at radius 2 is 1.96 bits per heavy atom. The molecule has 27 heavy (non-hydrogen) atoms. The smallest absolute Gasteiger partial charge is 0.367 e. The van der Waals surface area contributed by atoms with Crippen molar-refractivity contribution in [3.05, 3.63) is 47.2 Å². The predicted octanol–water partition coefficient (Wildman–Crippen LogP) is 3.24. The summed E-state index contributed by atoms with van der Waals surface area (Å²) in [7, 11) is 3.33. The van der Waals surface area contributed by atoms with E-state index in [9.17, 15) is 13.2 Å². The van der Waals surface area contributed by atoms with Gasteiger partial charge in [0.25, 0.3) is 0 Å². The molecule has 1 spiro atoms. The van der Waals surface area contributed by atoms with Gasteiger partial charge >= 0.3 is 6.18 Å². The Hall–Kier alpha value is -2.35. The summed E-state index contributed by atoms with van der Waals surface area (Å²) in [6, 6.07) is 9.07. The Morgan fingerprint density at radius 3 is 2.70 bits per heavy atom. The van der Waals surface area contributed by atoms with Gasteiger partial charge in [0, 0.05) is 26.7 Å². The number of benzene rings is 1. The van der Waals surface area contributed by atoms with E-state index < -0.39 is 17.5 Å². The summed E-state index contributed by atoms with van der Waals surface area (Å²) >= 11 is 0. The van der Waals surface area contributed by atoms with Crippen LogP contribution in [0.3, 0.4) is 0 Å². The third kappa shape index (κ3) is 3.22. The number of alkyl halides is 3. The van der Waals surface area contributed by atoms with Crippen LogP contribution in [-0.2, 0) is 22.9 Å². The lowest BCUT2D eigenvalue weighted by molar-refractivity contribution is -0.141. The van der Waals surface area contributed by atoms with E-state index in [4.69, 9.17) is 4.74 Å². The van der Waals surface area contributed by atoms with E-state index in [-0.39, 0.29) is 11.8 Å². The highest BCUT2D eigenvalue weighted by Gasteiger charge is 2.44. The second-order valence-corrected chi connectivity index (χ2v) is 7.23. The zero-order valence-corrected chi connectivity index (χ0v) is 15.3. The monoisotopic (exact) mass is 378 g/mol. The van der Waals surface area contributed by atoms with Gasteiger partial charge in [-0.15, -0.1) is 0 Å². The van der Waals surface area contributed by atoms with Crippen LogP contribution in [0.1, 0.15) is 23.2 Å². The molecule has 2 heterocycles. The lowest BCUT2D eigenvalue weighted by Gasteiger charge is -2.41. The van der Waals surface area contributed by atoms with Gasteiger partial charge in [-0.3, -0.25) is 0 Å². The average Bonchev–Trinajstić information content (AvgIpc) is 2.99. The lowest BCUT2D eigenvalue weighted by atomic mass is 9.94. The van der Waals surface area contributed by atoms with Crippen LogP contribution in [0.15, 0.2) is 30.3 Å². The number of ether oxygens (including phenoxy) is 1. The number of aryl methyl sites for hydroxylation is 1. The van der Waals surface area contributed by atoms with Gasteiger partial charge in [0.05, 0.1) is 13.2 Å². The van der Waals surface area contributed by atoms with Gasteiger partial charge in [-0.1, -0.05) is 24.3 Å². The molecule has 1 aliphatic carbocycles. The second kappa shape index (κ2) is 6.37. The Morgan fingerprint density at radius 1 is 1.19 bits per heavy atom. The molecule has 2 aliphatic rings. The summed E-state index contributed by atoms with van der Waals surface area (Å²) in [6.45, 7) is 1.32. The van der Waals surface area contributed by atoms with Crippen LogP contribution in [0.25, 0.3) is 0 Å². The third-order valence-electron chi connectivity index (χ3n) is 5.22. The molecule has 0 radical (unpaired) electrons. The summed E-state index contributed by atoms with van der Waals surface area (Å²) in [6.07, 6.45) is -2.81. The summed E-state index contributed by atoms with van der Waals surface area (Å²) in [4.78, 5) is 11.6. The van der Waals surface area contributed by atoms with E-state index in [1.165, 1.54) is 5.56 Å². The molecule has 1 aromatic heterocycles. The summed E-state index contributed by atoms with van der Waals surface area (Å²) < 4.78 is 46.1. The standard InChI is InChI=1S/C19H21F3N4O/c1-25(2)16-11-15(19(20,21)22)23-17(24-16)26-9-10-27-18(12-26)8-7-13-5-3-4-6-14(13)18/h3-6,11H,7-10,12H2,1-2H3. The minimum atomic E-state index is -4.52. The van der Waals surface area contributed by atoms with Crippen molar-refractivity contribution in [1.82, 2.24) is 9.97 Å². The fraction of sp³-hybridized carbons (Fsp3) is 0.474. The van der Waals surface area contributed by atoms with Crippen molar-refractivity contribution in [3.63, 3.8) is 0 Å². The molecule has 1 atom stereocenters. The number of hydrogen-bond donors (Lipinski definition) is 0. The molecule has 4 rings (SSSR count). The Kier molecular flexibility index (Phi) is 4.25.